The van der Waals surface area contributed by atoms with Crippen LogP contribution in [0.2, 0.25) is 0 Å². The maximum absolute atomic E-state index is 13.4. The zero-order chi connectivity index (χ0) is 20.4. The van der Waals surface area contributed by atoms with Crippen molar-refractivity contribution in [3.8, 4) is 11.1 Å². The van der Waals surface area contributed by atoms with E-state index in [0.717, 1.165) is 68.6 Å². The molecule has 0 spiro atoms. The van der Waals surface area contributed by atoms with Crippen LogP contribution in [-0.4, -0.2) is 52.4 Å². The van der Waals surface area contributed by atoms with Crippen LogP contribution in [0.25, 0.3) is 11.1 Å². The van der Waals surface area contributed by atoms with Gasteiger partial charge >= 0.3 is 0 Å². The molecular weight excluding hydrogens is 369 g/mol. The Hall–Kier alpha value is -2.54. The van der Waals surface area contributed by atoms with Crippen molar-refractivity contribution in [2.45, 2.75) is 38.1 Å². The maximum atomic E-state index is 13.4. The number of rotatable bonds is 3. The lowest BCUT2D eigenvalue weighted by Gasteiger charge is -2.39. The van der Waals surface area contributed by atoms with Crippen molar-refractivity contribution in [2.75, 3.05) is 32.4 Å². The predicted octanol–water partition coefficient (Wildman–Crippen LogP) is 3.26. The molecule has 7 heteroatoms. The third-order valence-corrected chi connectivity index (χ3v) is 6.16. The van der Waals surface area contributed by atoms with Crippen LogP contribution >= 0.6 is 0 Å². The van der Waals surface area contributed by atoms with E-state index in [0.29, 0.717) is 0 Å². The van der Waals surface area contributed by atoms with Gasteiger partial charge in [-0.25, -0.2) is 14.4 Å². The number of nitrogens with two attached hydrogens (primary N) is 1. The van der Waals surface area contributed by atoms with Crippen molar-refractivity contribution < 1.29 is 9.18 Å². The second-order valence-corrected chi connectivity index (χ2v) is 8.15. The lowest BCUT2D eigenvalue weighted by atomic mass is 9.90. The molecule has 1 aromatic heterocycles. The minimum Gasteiger partial charge on any atom is -0.368 e. The van der Waals surface area contributed by atoms with Crippen LogP contribution in [-0.2, 0) is 4.79 Å². The Kier molecular flexibility index (Phi) is 5.76. The topological polar surface area (TPSA) is 75.4 Å². The molecular formula is C22H28FN5O. The molecule has 3 heterocycles. The van der Waals surface area contributed by atoms with Crippen LogP contribution in [0.1, 0.15) is 43.8 Å². The average Bonchev–Trinajstić information content (AvgIpc) is 2.74. The van der Waals surface area contributed by atoms with Crippen LogP contribution in [0.4, 0.5) is 10.3 Å². The monoisotopic (exact) mass is 397 g/mol. The summed E-state index contributed by atoms with van der Waals surface area (Å²) in [6.45, 7) is 2.65. The van der Waals surface area contributed by atoms with Crippen LogP contribution < -0.4 is 5.73 Å². The Morgan fingerprint density at radius 2 is 1.83 bits per heavy atom. The van der Waals surface area contributed by atoms with Gasteiger partial charge in [0.15, 0.2) is 0 Å². The van der Waals surface area contributed by atoms with Gasteiger partial charge in [0.1, 0.15) is 5.82 Å². The van der Waals surface area contributed by atoms with Crippen LogP contribution in [0, 0.1) is 11.7 Å². The first-order chi connectivity index (χ1) is 14.0. The second-order valence-electron chi connectivity index (χ2n) is 8.15. The fourth-order valence-corrected chi connectivity index (χ4v) is 4.48. The summed E-state index contributed by atoms with van der Waals surface area (Å²) >= 11 is 0. The Bertz CT molecular complexity index is 864. The summed E-state index contributed by atoms with van der Waals surface area (Å²) < 4.78 is 13.4. The second kappa shape index (κ2) is 8.45. The van der Waals surface area contributed by atoms with Gasteiger partial charge in [0.25, 0.3) is 0 Å². The number of likely N-dealkylation sites (tertiary alicyclic amines) is 2. The van der Waals surface area contributed by atoms with Crippen molar-refractivity contribution in [1.29, 1.82) is 0 Å². The van der Waals surface area contributed by atoms with Crippen molar-refractivity contribution in [2.24, 2.45) is 5.92 Å². The van der Waals surface area contributed by atoms with Gasteiger partial charge in [-0.2, -0.15) is 0 Å². The van der Waals surface area contributed by atoms with E-state index in [1.165, 1.54) is 12.1 Å². The lowest BCUT2D eigenvalue weighted by Crippen LogP contribution is -2.45. The number of nitrogens with zero attached hydrogens (tertiary/aromatic N) is 4. The Balaban J connectivity index is 1.67. The van der Waals surface area contributed by atoms with Crippen LogP contribution in [0.3, 0.4) is 0 Å². The predicted molar refractivity (Wildman–Crippen MR) is 110 cm³/mol. The summed E-state index contributed by atoms with van der Waals surface area (Å²) in [4.78, 5) is 26.4. The zero-order valence-electron chi connectivity index (χ0n) is 16.9. The molecule has 2 aliphatic heterocycles. The summed E-state index contributed by atoms with van der Waals surface area (Å²) in [5, 5.41) is 0. The molecule has 0 saturated carbocycles. The van der Waals surface area contributed by atoms with Gasteiger partial charge in [0.2, 0.25) is 11.9 Å². The average molecular weight is 397 g/mol. The highest BCUT2D eigenvalue weighted by atomic mass is 19.1. The highest BCUT2D eigenvalue weighted by Gasteiger charge is 2.35. The Morgan fingerprint density at radius 1 is 1.10 bits per heavy atom. The van der Waals surface area contributed by atoms with Gasteiger partial charge in [0.05, 0.1) is 11.7 Å². The molecule has 6 nitrogen and oxygen atoms in total. The van der Waals surface area contributed by atoms with E-state index in [1.54, 1.807) is 18.3 Å². The molecule has 1 amide bonds. The first-order valence-electron chi connectivity index (χ1n) is 10.4. The molecule has 0 aliphatic carbocycles. The van der Waals surface area contributed by atoms with Crippen molar-refractivity contribution in [3.05, 3.63) is 42.0 Å². The number of amides is 1. The number of piperidine rings is 2. The molecule has 2 fully saturated rings. The molecule has 1 aromatic carbocycles. The number of hydrogen-bond acceptors (Lipinski definition) is 5. The quantitative estimate of drug-likeness (QED) is 0.860. The fraction of sp³-hybridized carbons (Fsp3) is 0.500. The normalized spacial score (nSPS) is 21.3. The first-order valence-corrected chi connectivity index (χ1v) is 10.4. The molecule has 29 heavy (non-hydrogen) atoms. The van der Waals surface area contributed by atoms with Gasteiger partial charge in [-0.3, -0.25) is 4.79 Å². The number of nitrogen functional groups attached to an aromatic ring is 1. The Morgan fingerprint density at radius 3 is 2.55 bits per heavy atom. The molecule has 0 bridgehead atoms. The van der Waals surface area contributed by atoms with E-state index in [9.17, 15) is 9.18 Å². The highest BCUT2D eigenvalue weighted by Crippen LogP contribution is 2.37. The first kappa shape index (κ1) is 19.8. The number of carbonyl (C=O) groups is 1. The number of aromatic nitrogens is 2. The largest absolute Gasteiger partial charge is 0.368 e. The number of carbonyl (C=O) groups excluding carboxylic acids is 1. The van der Waals surface area contributed by atoms with Gasteiger partial charge in [-0.15, -0.1) is 0 Å². The maximum Gasteiger partial charge on any atom is 0.226 e. The van der Waals surface area contributed by atoms with Gasteiger partial charge in [0, 0.05) is 24.2 Å². The SMILES string of the molecule is CN1CCC(C(=O)N2CCCC[C@H]2c2nc(N)ncc2-c2ccc(F)cc2)CC1. The minimum atomic E-state index is -0.289. The van der Waals surface area contributed by atoms with E-state index in [1.807, 2.05) is 4.90 Å². The molecule has 2 aliphatic rings. The van der Waals surface area contributed by atoms with E-state index >= 15 is 0 Å². The smallest absolute Gasteiger partial charge is 0.226 e. The summed E-state index contributed by atoms with van der Waals surface area (Å²) in [6.07, 6.45) is 6.38. The Labute approximate surface area is 170 Å². The van der Waals surface area contributed by atoms with Crippen molar-refractivity contribution >= 4 is 11.9 Å². The summed E-state index contributed by atoms with van der Waals surface area (Å²) in [7, 11) is 2.10. The number of anilines is 1. The fourth-order valence-electron chi connectivity index (χ4n) is 4.48. The molecule has 2 aromatic rings. The number of halogens is 1. The van der Waals surface area contributed by atoms with E-state index in [2.05, 4.69) is 21.9 Å². The van der Waals surface area contributed by atoms with E-state index in [4.69, 9.17) is 5.73 Å². The van der Waals surface area contributed by atoms with Gasteiger partial charge in [-0.05, 0) is 69.9 Å². The third kappa shape index (κ3) is 4.24. The summed E-state index contributed by atoms with van der Waals surface area (Å²) in [5.41, 5.74) is 8.34. The number of benzene rings is 1. The summed E-state index contributed by atoms with van der Waals surface area (Å²) in [6, 6.07) is 6.18. The zero-order valence-corrected chi connectivity index (χ0v) is 16.9. The minimum absolute atomic E-state index is 0.0697. The standard InChI is InChI=1S/C22H28FN5O/c1-27-12-9-16(10-13-27)21(29)28-11-3-2-4-19(28)20-18(14-25-22(24)26-20)15-5-7-17(23)8-6-15/h5-8,14,16,19H,2-4,9-13H2,1H3,(H2,24,25,26)/t19-/m0/s1. The van der Waals surface area contributed by atoms with Gasteiger partial charge in [-0.1, -0.05) is 12.1 Å². The molecule has 2 N–H and O–H groups in total. The molecule has 4 rings (SSSR count). The molecule has 154 valence electrons. The molecule has 1 atom stereocenters. The molecule has 0 unspecified atom stereocenters. The third-order valence-electron chi connectivity index (χ3n) is 6.16. The van der Waals surface area contributed by atoms with Gasteiger partial charge < -0.3 is 15.5 Å². The van der Waals surface area contributed by atoms with Crippen LogP contribution in [0.5, 0.6) is 0 Å². The van der Waals surface area contributed by atoms with Crippen LogP contribution in [0.15, 0.2) is 30.5 Å². The molecule has 2 saturated heterocycles. The van der Waals surface area contributed by atoms with E-state index < -0.39 is 0 Å². The highest BCUT2D eigenvalue weighted by molar-refractivity contribution is 5.80. The molecule has 0 radical (unpaired) electrons. The van der Waals surface area contributed by atoms with Crippen molar-refractivity contribution in [1.82, 2.24) is 19.8 Å². The summed E-state index contributed by atoms with van der Waals surface area (Å²) in [5.74, 6) is 0.205. The van der Waals surface area contributed by atoms with E-state index in [-0.39, 0.29) is 29.6 Å². The van der Waals surface area contributed by atoms with Crippen molar-refractivity contribution in [3.63, 3.8) is 0 Å². The lowest BCUT2D eigenvalue weighted by molar-refractivity contribution is -0.141. The number of hydrogen-bond donors (Lipinski definition) is 1.